The number of H-pyrrole nitrogens is 1. The Labute approximate surface area is 168 Å². The molecule has 0 aliphatic rings. The lowest BCUT2D eigenvalue weighted by Crippen LogP contribution is -2.35. The molecular weight excluding hydrogens is 390 g/mol. The molecule has 2 aromatic heterocycles. The molecule has 10 heteroatoms. The highest BCUT2D eigenvalue weighted by Crippen LogP contribution is 2.04. The molecule has 4 rings (SSSR count). The van der Waals surface area contributed by atoms with Gasteiger partial charge in [0.05, 0.1) is 22.9 Å². The number of hydrogen-bond acceptors (Lipinski definition) is 7. The van der Waals surface area contributed by atoms with Crippen molar-refractivity contribution < 1.29 is 9.53 Å². The van der Waals surface area contributed by atoms with Gasteiger partial charge in [-0.25, -0.2) is 4.79 Å². The SMILES string of the molecule is O=C(Cn1nnc2ccccc2c1=O)OCCCn1c(=O)[nH]c2ccccc2c1=O. The van der Waals surface area contributed by atoms with Crippen molar-refractivity contribution in [3.8, 4) is 0 Å². The van der Waals surface area contributed by atoms with Crippen LogP contribution in [-0.4, -0.2) is 37.1 Å². The third-order valence-electron chi connectivity index (χ3n) is 4.59. The lowest BCUT2D eigenvalue weighted by atomic mass is 10.2. The predicted molar refractivity (Wildman–Crippen MR) is 108 cm³/mol. The second-order valence-corrected chi connectivity index (χ2v) is 6.58. The average Bonchev–Trinajstić information content (AvgIpc) is 2.75. The topological polar surface area (TPSA) is 129 Å². The summed E-state index contributed by atoms with van der Waals surface area (Å²) < 4.78 is 7.11. The highest BCUT2D eigenvalue weighted by molar-refractivity contribution is 5.77. The highest BCUT2D eigenvalue weighted by atomic mass is 16.5. The van der Waals surface area contributed by atoms with E-state index in [-0.39, 0.29) is 26.1 Å². The minimum absolute atomic E-state index is 0.0205. The highest BCUT2D eigenvalue weighted by Gasteiger charge is 2.11. The van der Waals surface area contributed by atoms with Crippen molar-refractivity contribution in [2.24, 2.45) is 0 Å². The smallest absolute Gasteiger partial charge is 0.328 e. The van der Waals surface area contributed by atoms with Gasteiger partial charge >= 0.3 is 11.7 Å². The summed E-state index contributed by atoms with van der Waals surface area (Å²) in [5.74, 6) is -0.665. The van der Waals surface area contributed by atoms with Gasteiger partial charge in [0.25, 0.3) is 11.1 Å². The molecule has 0 radical (unpaired) electrons. The first-order chi connectivity index (χ1) is 14.5. The van der Waals surface area contributed by atoms with Crippen LogP contribution in [0.5, 0.6) is 0 Å². The van der Waals surface area contributed by atoms with Crippen LogP contribution in [0.2, 0.25) is 0 Å². The Kier molecular flexibility index (Phi) is 5.21. The molecule has 30 heavy (non-hydrogen) atoms. The predicted octanol–water partition coefficient (Wildman–Crippen LogP) is 0.428. The van der Waals surface area contributed by atoms with Crippen molar-refractivity contribution in [3.63, 3.8) is 0 Å². The van der Waals surface area contributed by atoms with Crippen molar-refractivity contribution in [3.05, 3.63) is 79.7 Å². The van der Waals surface area contributed by atoms with Crippen molar-refractivity contribution >= 4 is 27.8 Å². The van der Waals surface area contributed by atoms with Gasteiger partial charge in [-0.3, -0.25) is 19.0 Å². The lowest BCUT2D eigenvalue weighted by molar-refractivity contribution is -0.144. The summed E-state index contributed by atoms with van der Waals surface area (Å²) in [5.41, 5.74) is -0.455. The third-order valence-corrected chi connectivity index (χ3v) is 4.59. The quantitative estimate of drug-likeness (QED) is 0.362. The van der Waals surface area contributed by atoms with E-state index in [4.69, 9.17) is 4.74 Å². The van der Waals surface area contributed by atoms with Crippen LogP contribution in [0.15, 0.2) is 62.9 Å². The van der Waals surface area contributed by atoms with Crippen LogP contribution in [0.25, 0.3) is 21.8 Å². The third kappa shape index (κ3) is 3.75. The number of benzene rings is 2. The molecule has 0 unspecified atom stereocenters. The van der Waals surface area contributed by atoms with Gasteiger partial charge in [-0.05, 0) is 30.7 Å². The van der Waals surface area contributed by atoms with Crippen LogP contribution in [0.4, 0.5) is 0 Å². The first kappa shape index (κ1) is 19.2. The number of fused-ring (bicyclic) bond motifs is 2. The summed E-state index contributed by atoms with van der Waals surface area (Å²) in [7, 11) is 0. The Hall–Kier alpha value is -4.08. The minimum atomic E-state index is -0.665. The molecule has 0 spiro atoms. The number of aromatic nitrogens is 5. The standard InChI is InChI=1S/C20H17N5O5/c26-17(12-25-19(28)14-7-2-4-9-16(14)22-23-25)30-11-5-10-24-18(27)13-6-1-3-8-15(13)21-20(24)29/h1-4,6-9H,5,10-12H2,(H,21,29). The number of nitrogens with one attached hydrogen (secondary N) is 1. The average molecular weight is 407 g/mol. The zero-order valence-electron chi connectivity index (χ0n) is 15.8. The molecule has 0 bridgehead atoms. The number of carbonyl (C=O) groups excluding carboxylic acids is 1. The van der Waals surface area contributed by atoms with E-state index >= 15 is 0 Å². The van der Waals surface area contributed by atoms with Crippen molar-refractivity contribution in [1.82, 2.24) is 24.5 Å². The van der Waals surface area contributed by atoms with E-state index in [0.29, 0.717) is 21.8 Å². The number of aromatic amines is 1. The van der Waals surface area contributed by atoms with Gasteiger partial charge in [-0.1, -0.05) is 29.5 Å². The summed E-state index contributed by atoms with van der Waals surface area (Å²) in [6, 6.07) is 13.4. The maximum Gasteiger partial charge on any atom is 0.328 e. The van der Waals surface area contributed by atoms with Gasteiger partial charge in [-0.15, -0.1) is 5.10 Å². The van der Waals surface area contributed by atoms with Gasteiger partial charge in [0.2, 0.25) is 0 Å². The Balaban J connectivity index is 1.37. The normalized spacial score (nSPS) is 11.1. The van der Waals surface area contributed by atoms with E-state index in [1.54, 1.807) is 48.5 Å². The molecule has 10 nitrogen and oxygen atoms in total. The van der Waals surface area contributed by atoms with Crippen LogP contribution < -0.4 is 16.8 Å². The van der Waals surface area contributed by atoms with Crippen molar-refractivity contribution in [2.75, 3.05) is 6.61 Å². The Morgan fingerprint density at radius 3 is 2.53 bits per heavy atom. The summed E-state index contributed by atoms with van der Waals surface area (Å²) in [6.07, 6.45) is 0.255. The molecule has 152 valence electrons. The van der Waals surface area contributed by atoms with Gasteiger partial charge in [0, 0.05) is 6.54 Å². The van der Waals surface area contributed by atoms with Crippen molar-refractivity contribution in [2.45, 2.75) is 19.5 Å². The lowest BCUT2D eigenvalue weighted by Gasteiger charge is -2.08. The zero-order valence-corrected chi connectivity index (χ0v) is 15.8. The van der Waals surface area contributed by atoms with Crippen molar-refractivity contribution in [1.29, 1.82) is 0 Å². The van der Waals surface area contributed by atoms with Gasteiger partial charge in [0.1, 0.15) is 12.1 Å². The van der Waals surface area contributed by atoms with E-state index in [1.165, 1.54) is 0 Å². The molecule has 0 aliphatic heterocycles. The molecule has 0 amide bonds. The second kappa shape index (κ2) is 8.11. The Bertz CT molecular complexity index is 1420. The molecular formula is C20H17N5O5. The summed E-state index contributed by atoms with van der Waals surface area (Å²) >= 11 is 0. The van der Waals surface area contributed by atoms with Crippen LogP contribution in [-0.2, 0) is 22.6 Å². The second-order valence-electron chi connectivity index (χ2n) is 6.58. The molecule has 0 aliphatic carbocycles. The molecule has 2 heterocycles. The number of rotatable bonds is 6. The molecule has 0 fully saturated rings. The maximum absolute atomic E-state index is 12.4. The molecule has 0 saturated carbocycles. The molecule has 4 aromatic rings. The summed E-state index contributed by atoms with van der Waals surface area (Å²) in [6.45, 7) is -0.317. The maximum atomic E-state index is 12.4. The summed E-state index contributed by atoms with van der Waals surface area (Å²) in [5, 5.41) is 8.40. The molecule has 0 saturated heterocycles. The van der Waals surface area contributed by atoms with Crippen LogP contribution >= 0.6 is 0 Å². The number of carbonyl (C=O) groups is 1. The minimum Gasteiger partial charge on any atom is -0.464 e. The molecule has 2 aromatic carbocycles. The van der Waals surface area contributed by atoms with E-state index in [1.807, 2.05) is 0 Å². The molecule has 1 N–H and O–H groups in total. The van der Waals surface area contributed by atoms with E-state index < -0.39 is 22.8 Å². The summed E-state index contributed by atoms with van der Waals surface area (Å²) in [4.78, 5) is 51.6. The fourth-order valence-corrected chi connectivity index (χ4v) is 3.11. The van der Waals surface area contributed by atoms with Crippen LogP contribution in [0.3, 0.4) is 0 Å². The number of para-hydroxylation sites is 1. The largest absolute Gasteiger partial charge is 0.464 e. The first-order valence-corrected chi connectivity index (χ1v) is 9.24. The van der Waals surface area contributed by atoms with Gasteiger partial charge in [0.15, 0.2) is 0 Å². The van der Waals surface area contributed by atoms with Crippen LogP contribution in [0.1, 0.15) is 6.42 Å². The first-order valence-electron chi connectivity index (χ1n) is 9.24. The Morgan fingerprint density at radius 2 is 1.70 bits per heavy atom. The van der Waals surface area contributed by atoms with E-state index in [9.17, 15) is 19.2 Å². The fraction of sp³-hybridized carbons (Fsp3) is 0.200. The fourth-order valence-electron chi connectivity index (χ4n) is 3.11. The Morgan fingerprint density at radius 1 is 0.967 bits per heavy atom. The monoisotopic (exact) mass is 407 g/mol. The number of esters is 1. The van der Waals surface area contributed by atoms with Crippen LogP contribution in [0, 0.1) is 0 Å². The number of nitrogens with zero attached hydrogens (tertiary/aromatic N) is 4. The van der Waals surface area contributed by atoms with E-state index in [0.717, 1.165) is 9.25 Å². The van der Waals surface area contributed by atoms with Gasteiger partial charge < -0.3 is 9.72 Å². The van der Waals surface area contributed by atoms with Gasteiger partial charge in [-0.2, -0.15) is 4.68 Å². The van der Waals surface area contributed by atoms with E-state index in [2.05, 4.69) is 15.3 Å². The molecule has 0 atom stereocenters. The zero-order chi connectivity index (χ0) is 21.1. The number of ether oxygens (including phenoxy) is 1. The number of hydrogen-bond donors (Lipinski definition) is 1.